The summed E-state index contributed by atoms with van der Waals surface area (Å²) in [7, 11) is 0. The zero-order chi connectivity index (χ0) is 23.9. The Labute approximate surface area is 190 Å². The van der Waals surface area contributed by atoms with Crippen LogP contribution in [0.2, 0.25) is 0 Å². The minimum Gasteiger partial charge on any atom is -0.444 e. The predicted octanol–water partition coefficient (Wildman–Crippen LogP) is 2.89. The van der Waals surface area contributed by atoms with E-state index in [1.54, 1.807) is 29.2 Å². The van der Waals surface area contributed by atoms with Gasteiger partial charge in [0.05, 0.1) is 0 Å². The summed E-state index contributed by atoms with van der Waals surface area (Å²) in [5.74, 6) is -0.153. The standard InChI is InChI=1S/C23H37N5O4/c1-22(2,3)26-19(29)17-7-9-18(10-8-17)25-20(30)24-11-12-27-13-15-28(16-14-27)21(31)32-23(4,5)6/h7-10H,11-16H2,1-6H3,(H,26,29)(H2,24,25,30). The highest BCUT2D eigenvalue weighted by molar-refractivity contribution is 5.95. The number of piperazine rings is 1. The first-order valence-corrected chi connectivity index (χ1v) is 11.0. The van der Waals surface area contributed by atoms with E-state index in [-0.39, 0.29) is 23.6 Å². The minimum absolute atomic E-state index is 0.153. The summed E-state index contributed by atoms with van der Waals surface area (Å²) in [6.07, 6.45) is -0.281. The molecule has 1 heterocycles. The molecule has 3 N–H and O–H groups in total. The van der Waals surface area contributed by atoms with Crippen molar-refractivity contribution in [3.05, 3.63) is 29.8 Å². The van der Waals surface area contributed by atoms with Gasteiger partial charge in [0.1, 0.15) is 5.60 Å². The summed E-state index contributed by atoms with van der Waals surface area (Å²) in [6.45, 7) is 15.2. The maximum atomic E-state index is 12.2. The first-order valence-electron chi connectivity index (χ1n) is 11.0. The van der Waals surface area contributed by atoms with Gasteiger partial charge in [-0.2, -0.15) is 0 Å². The van der Waals surface area contributed by atoms with Crippen molar-refractivity contribution in [2.24, 2.45) is 0 Å². The third-order valence-corrected chi connectivity index (χ3v) is 4.63. The largest absolute Gasteiger partial charge is 0.444 e. The Morgan fingerprint density at radius 2 is 1.53 bits per heavy atom. The molecule has 1 aromatic rings. The van der Waals surface area contributed by atoms with E-state index in [1.807, 2.05) is 41.5 Å². The first kappa shape index (κ1) is 25.5. The number of amides is 4. The molecule has 9 nitrogen and oxygen atoms in total. The van der Waals surface area contributed by atoms with Gasteiger partial charge in [0.15, 0.2) is 0 Å². The van der Waals surface area contributed by atoms with Crippen LogP contribution in [0.3, 0.4) is 0 Å². The van der Waals surface area contributed by atoms with E-state index in [9.17, 15) is 14.4 Å². The highest BCUT2D eigenvalue weighted by Gasteiger charge is 2.25. The fourth-order valence-corrected chi connectivity index (χ4v) is 3.10. The lowest BCUT2D eigenvalue weighted by molar-refractivity contribution is 0.0147. The molecule has 0 spiro atoms. The highest BCUT2D eigenvalue weighted by Crippen LogP contribution is 2.12. The average molecular weight is 448 g/mol. The number of anilines is 1. The molecule has 4 amide bonds. The van der Waals surface area contributed by atoms with Crippen LogP contribution in [0.15, 0.2) is 24.3 Å². The van der Waals surface area contributed by atoms with E-state index in [4.69, 9.17) is 4.74 Å². The van der Waals surface area contributed by atoms with Gasteiger partial charge < -0.3 is 25.6 Å². The molecule has 0 radical (unpaired) electrons. The normalized spacial score (nSPS) is 15.1. The molecule has 32 heavy (non-hydrogen) atoms. The van der Waals surface area contributed by atoms with Crippen LogP contribution in [0.4, 0.5) is 15.3 Å². The number of hydrogen-bond acceptors (Lipinski definition) is 5. The zero-order valence-electron chi connectivity index (χ0n) is 20.1. The number of rotatable bonds is 5. The second kappa shape index (κ2) is 10.7. The van der Waals surface area contributed by atoms with E-state index in [0.717, 1.165) is 13.1 Å². The van der Waals surface area contributed by atoms with Gasteiger partial charge in [-0.3, -0.25) is 9.69 Å². The fraction of sp³-hybridized carbons (Fsp3) is 0.609. The Morgan fingerprint density at radius 3 is 2.06 bits per heavy atom. The van der Waals surface area contributed by atoms with E-state index >= 15 is 0 Å². The highest BCUT2D eigenvalue weighted by atomic mass is 16.6. The number of carbonyl (C=O) groups excluding carboxylic acids is 3. The van der Waals surface area contributed by atoms with Gasteiger partial charge in [-0.1, -0.05) is 0 Å². The molecule has 0 atom stereocenters. The average Bonchev–Trinajstić information content (AvgIpc) is 2.66. The molecule has 0 saturated carbocycles. The Hall–Kier alpha value is -2.81. The Morgan fingerprint density at radius 1 is 0.938 bits per heavy atom. The van der Waals surface area contributed by atoms with Crippen LogP contribution in [0, 0.1) is 0 Å². The van der Waals surface area contributed by atoms with Crippen molar-refractivity contribution >= 4 is 23.7 Å². The van der Waals surface area contributed by atoms with Gasteiger partial charge in [0, 0.05) is 56.1 Å². The summed E-state index contributed by atoms with van der Waals surface area (Å²) < 4.78 is 5.40. The third kappa shape index (κ3) is 9.13. The molecule has 1 aliphatic rings. The molecule has 0 aromatic heterocycles. The molecular weight excluding hydrogens is 410 g/mol. The molecule has 178 valence electrons. The predicted molar refractivity (Wildman–Crippen MR) is 125 cm³/mol. The number of nitrogens with one attached hydrogen (secondary N) is 3. The maximum Gasteiger partial charge on any atom is 0.410 e. The molecular formula is C23H37N5O4. The van der Waals surface area contributed by atoms with Gasteiger partial charge in [-0.25, -0.2) is 9.59 Å². The summed E-state index contributed by atoms with van der Waals surface area (Å²) in [5.41, 5.74) is 0.346. The summed E-state index contributed by atoms with van der Waals surface area (Å²) in [4.78, 5) is 40.3. The smallest absolute Gasteiger partial charge is 0.410 e. The molecule has 1 fully saturated rings. The molecule has 1 aromatic carbocycles. The Kier molecular flexibility index (Phi) is 8.49. The van der Waals surface area contributed by atoms with E-state index in [2.05, 4.69) is 20.9 Å². The topological polar surface area (TPSA) is 103 Å². The molecule has 2 rings (SSSR count). The van der Waals surface area contributed by atoms with Gasteiger partial charge in [-0.15, -0.1) is 0 Å². The van der Waals surface area contributed by atoms with Gasteiger partial charge in [0.25, 0.3) is 5.91 Å². The molecule has 9 heteroatoms. The number of hydrogen-bond donors (Lipinski definition) is 3. The van der Waals surface area contributed by atoms with Crippen molar-refractivity contribution in [3.63, 3.8) is 0 Å². The van der Waals surface area contributed by atoms with Crippen LogP contribution in [0.1, 0.15) is 51.9 Å². The Balaban J connectivity index is 1.68. The lowest BCUT2D eigenvalue weighted by Gasteiger charge is -2.35. The van der Waals surface area contributed by atoms with Gasteiger partial charge in [0.2, 0.25) is 0 Å². The van der Waals surface area contributed by atoms with Crippen LogP contribution in [0.5, 0.6) is 0 Å². The van der Waals surface area contributed by atoms with Crippen molar-refractivity contribution in [3.8, 4) is 0 Å². The second-order valence-electron chi connectivity index (χ2n) is 9.97. The van der Waals surface area contributed by atoms with E-state index in [1.165, 1.54) is 0 Å². The van der Waals surface area contributed by atoms with E-state index in [0.29, 0.717) is 37.4 Å². The monoisotopic (exact) mass is 447 g/mol. The number of ether oxygens (including phenoxy) is 1. The maximum absolute atomic E-state index is 12.2. The third-order valence-electron chi connectivity index (χ3n) is 4.63. The number of carbonyl (C=O) groups is 3. The molecule has 0 unspecified atom stereocenters. The van der Waals surface area contributed by atoms with Crippen LogP contribution in [-0.2, 0) is 4.74 Å². The molecule has 1 saturated heterocycles. The van der Waals surface area contributed by atoms with E-state index < -0.39 is 5.60 Å². The van der Waals surface area contributed by atoms with Gasteiger partial charge >= 0.3 is 12.1 Å². The lowest BCUT2D eigenvalue weighted by Crippen LogP contribution is -2.51. The lowest BCUT2D eigenvalue weighted by atomic mass is 10.1. The van der Waals surface area contributed by atoms with Crippen molar-refractivity contribution in [1.82, 2.24) is 20.4 Å². The summed E-state index contributed by atoms with van der Waals surface area (Å²) in [6, 6.07) is 6.46. The number of nitrogens with zero attached hydrogens (tertiary/aromatic N) is 2. The molecule has 0 aliphatic carbocycles. The first-order chi connectivity index (χ1) is 14.8. The summed E-state index contributed by atoms with van der Waals surface area (Å²) in [5, 5.41) is 8.51. The minimum atomic E-state index is -0.495. The molecule has 1 aliphatic heterocycles. The SMILES string of the molecule is CC(C)(C)NC(=O)c1ccc(NC(=O)NCCN2CCN(C(=O)OC(C)(C)C)CC2)cc1. The van der Waals surface area contributed by atoms with Crippen molar-refractivity contribution < 1.29 is 19.1 Å². The fourth-order valence-electron chi connectivity index (χ4n) is 3.10. The van der Waals surface area contributed by atoms with Crippen LogP contribution >= 0.6 is 0 Å². The molecule has 0 bridgehead atoms. The quantitative estimate of drug-likeness (QED) is 0.644. The van der Waals surface area contributed by atoms with Crippen LogP contribution in [-0.4, -0.2) is 78.2 Å². The second-order valence-corrected chi connectivity index (χ2v) is 9.97. The zero-order valence-corrected chi connectivity index (χ0v) is 20.1. The van der Waals surface area contributed by atoms with Crippen molar-refractivity contribution in [2.45, 2.75) is 52.7 Å². The van der Waals surface area contributed by atoms with Crippen molar-refractivity contribution in [2.75, 3.05) is 44.6 Å². The van der Waals surface area contributed by atoms with Crippen molar-refractivity contribution in [1.29, 1.82) is 0 Å². The van der Waals surface area contributed by atoms with Crippen LogP contribution in [0.25, 0.3) is 0 Å². The van der Waals surface area contributed by atoms with Crippen LogP contribution < -0.4 is 16.0 Å². The number of urea groups is 1. The summed E-state index contributed by atoms with van der Waals surface area (Å²) >= 11 is 0. The van der Waals surface area contributed by atoms with Gasteiger partial charge in [-0.05, 0) is 65.8 Å². The Bertz CT molecular complexity index is 788. The number of benzene rings is 1.